The Bertz CT molecular complexity index is 332. The van der Waals surface area contributed by atoms with Gasteiger partial charge in [-0.3, -0.25) is 0 Å². The number of rotatable bonds is 3. The molecule has 0 amide bonds. The quantitative estimate of drug-likeness (QED) is 0.846. The maximum atomic E-state index is 12.3. The molecule has 1 heterocycles. The largest absolute Gasteiger partial charge is 0.427 e. The molecule has 0 unspecified atom stereocenters. The van der Waals surface area contributed by atoms with Gasteiger partial charge in [0.15, 0.2) is 0 Å². The van der Waals surface area contributed by atoms with Gasteiger partial charge in [0, 0.05) is 5.03 Å². The first kappa shape index (κ1) is 11.4. The standard InChI is InChI=1S/C8H7ClF3NS/c1-5(9)4-13-6-2-3-14-7(6)8(10,11)12/h2-3,13H,1,4H2. The molecule has 78 valence electrons. The zero-order valence-electron chi connectivity index (χ0n) is 6.99. The van der Waals surface area contributed by atoms with E-state index in [4.69, 9.17) is 11.6 Å². The Labute approximate surface area is 88.2 Å². The van der Waals surface area contributed by atoms with Crippen LogP contribution in [0.5, 0.6) is 0 Å². The van der Waals surface area contributed by atoms with E-state index in [1.54, 1.807) is 0 Å². The van der Waals surface area contributed by atoms with Crippen molar-refractivity contribution in [2.45, 2.75) is 6.18 Å². The normalized spacial score (nSPS) is 11.4. The van der Waals surface area contributed by atoms with Crippen molar-refractivity contribution in [2.75, 3.05) is 11.9 Å². The lowest BCUT2D eigenvalue weighted by Crippen LogP contribution is -2.08. The van der Waals surface area contributed by atoms with Crippen LogP contribution in [0.2, 0.25) is 0 Å². The Morgan fingerprint density at radius 1 is 1.57 bits per heavy atom. The smallest absolute Gasteiger partial charge is 0.379 e. The predicted octanol–water partition coefficient (Wildman–Crippen LogP) is 3.93. The van der Waals surface area contributed by atoms with Crippen molar-refractivity contribution < 1.29 is 13.2 Å². The SMILES string of the molecule is C=C(Cl)CNc1ccsc1C(F)(F)F. The molecule has 1 nitrogen and oxygen atoms in total. The van der Waals surface area contributed by atoms with Gasteiger partial charge in [-0.25, -0.2) is 0 Å². The second-order valence-electron chi connectivity index (χ2n) is 2.53. The first-order valence-electron chi connectivity index (χ1n) is 3.63. The molecule has 0 aliphatic heterocycles. The van der Waals surface area contributed by atoms with Crippen molar-refractivity contribution in [1.29, 1.82) is 0 Å². The predicted molar refractivity (Wildman–Crippen MR) is 52.8 cm³/mol. The Kier molecular flexibility index (Phi) is 3.44. The number of alkyl halides is 3. The Morgan fingerprint density at radius 2 is 2.21 bits per heavy atom. The highest BCUT2D eigenvalue weighted by Gasteiger charge is 2.34. The molecule has 1 rings (SSSR count). The average Bonchev–Trinajstić information content (AvgIpc) is 2.46. The molecule has 0 aromatic carbocycles. The van der Waals surface area contributed by atoms with Gasteiger partial charge in [-0.2, -0.15) is 13.2 Å². The van der Waals surface area contributed by atoms with Crippen molar-refractivity contribution in [3.63, 3.8) is 0 Å². The van der Waals surface area contributed by atoms with Crippen LogP contribution in [0, 0.1) is 0 Å². The molecule has 0 atom stereocenters. The van der Waals surface area contributed by atoms with Gasteiger partial charge in [-0.15, -0.1) is 11.3 Å². The molecule has 0 fully saturated rings. The summed E-state index contributed by atoms with van der Waals surface area (Å²) in [5, 5.41) is 4.20. The van der Waals surface area contributed by atoms with E-state index in [2.05, 4.69) is 11.9 Å². The van der Waals surface area contributed by atoms with Crippen LogP contribution < -0.4 is 5.32 Å². The third kappa shape index (κ3) is 2.92. The summed E-state index contributed by atoms with van der Waals surface area (Å²) in [6.07, 6.45) is -4.32. The van der Waals surface area contributed by atoms with Gasteiger partial charge in [0.05, 0.1) is 12.2 Å². The zero-order chi connectivity index (χ0) is 10.8. The minimum atomic E-state index is -4.32. The van der Waals surface area contributed by atoms with Crippen LogP contribution in [0.1, 0.15) is 4.88 Å². The summed E-state index contributed by atoms with van der Waals surface area (Å²) in [5.74, 6) is 0. The lowest BCUT2D eigenvalue weighted by Gasteiger charge is -2.08. The van der Waals surface area contributed by atoms with Gasteiger partial charge < -0.3 is 5.32 Å². The molecule has 0 bridgehead atoms. The summed E-state index contributed by atoms with van der Waals surface area (Å²) in [6.45, 7) is 3.50. The Hall–Kier alpha value is -0.680. The third-order valence-corrected chi connectivity index (χ3v) is 2.49. The molecule has 1 N–H and O–H groups in total. The van der Waals surface area contributed by atoms with E-state index in [0.29, 0.717) is 11.3 Å². The van der Waals surface area contributed by atoms with E-state index in [0.717, 1.165) is 0 Å². The van der Waals surface area contributed by atoms with E-state index in [1.807, 2.05) is 0 Å². The topological polar surface area (TPSA) is 12.0 Å². The summed E-state index contributed by atoms with van der Waals surface area (Å²) < 4.78 is 37.0. The lowest BCUT2D eigenvalue weighted by molar-refractivity contribution is -0.133. The fourth-order valence-electron chi connectivity index (χ4n) is 0.859. The highest BCUT2D eigenvalue weighted by Crippen LogP contribution is 2.38. The number of thiophene rings is 1. The highest BCUT2D eigenvalue weighted by atomic mass is 35.5. The van der Waals surface area contributed by atoms with Crippen molar-refractivity contribution in [3.8, 4) is 0 Å². The minimum absolute atomic E-state index is 0.0456. The van der Waals surface area contributed by atoms with Crippen LogP contribution in [0.3, 0.4) is 0 Å². The van der Waals surface area contributed by atoms with E-state index < -0.39 is 11.1 Å². The third-order valence-electron chi connectivity index (χ3n) is 1.39. The van der Waals surface area contributed by atoms with Crippen LogP contribution >= 0.6 is 22.9 Å². The van der Waals surface area contributed by atoms with Crippen LogP contribution in [0.25, 0.3) is 0 Å². The summed E-state index contributed by atoms with van der Waals surface area (Å²) in [7, 11) is 0. The molecule has 0 spiro atoms. The number of anilines is 1. The summed E-state index contributed by atoms with van der Waals surface area (Å²) in [6, 6.07) is 1.37. The maximum absolute atomic E-state index is 12.3. The molecule has 6 heteroatoms. The van der Waals surface area contributed by atoms with Gasteiger partial charge in [0.1, 0.15) is 4.88 Å². The number of halogens is 4. The Morgan fingerprint density at radius 3 is 2.71 bits per heavy atom. The second kappa shape index (κ2) is 4.23. The molecule has 0 saturated heterocycles. The second-order valence-corrected chi connectivity index (χ2v) is 3.98. The number of hydrogen-bond donors (Lipinski definition) is 1. The van der Waals surface area contributed by atoms with Crippen LogP contribution in [-0.4, -0.2) is 6.54 Å². The molecule has 14 heavy (non-hydrogen) atoms. The van der Waals surface area contributed by atoms with Crippen LogP contribution in [-0.2, 0) is 6.18 Å². The van der Waals surface area contributed by atoms with E-state index in [9.17, 15) is 13.2 Å². The highest BCUT2D eigenvalue weighted by molar-refractivity contribution is 7.10. The van der Waals surface area contributed by atoms with Crippen LogP contribution in [0.4, 0.5) is 18.9 Å². The van der Waals surface area contributed by atoms with E-state index in [1.165, 1.54) is 11.4 Å². The molecular weight excluding hydrogens is 235 g/mol. The summed E-state index contributed by atoms with van der Waals surface area (Å²) in [4.78, 5) is -0.643. The van der Waals surface area contributed by atoms with Crippen molar-refractivity contribution in [1.82, 2.24) is 0 Å². The molecule has 1 aromatic rings. The monoisotopic (exact) mass is 241 g/mol. The van der Waals surface area contributed by atoms with Crippen LogP contribution in [0.15, 0.2) is 23.1 Å². The van der Waals surface area contributed by atoms with Gasteiger partial charge in [-0.05, 0) is 11.4 Å². The first-order chi connectivity index (χ1) is 6.41. The molecule has 0 saturated carbocycles. The fraction of sp³-hybridized carbons (Fsp3) is 0.250. The van der Waals surface area contributed by atoms with E-state index in [-0.39, 0.29) is 17.3 Å². The lowest BCUT2D eigenvalue weighted by atomic mass is 10.3. The van der Waals surface area contributed by atoms with Gasteiger partial charge in [-0.1, -0.05) is 18.2 Å². The zero-order valence-corrected chi connectivity index (χ0v) is 8.56. The molecule has 0 radical (unpaired) electrons. The van der Waals surface area contributed by atoms with Crippen molar-refractivity contribution >= 4 is 28.6 Å². The first-order valence-corrected chi connectivity index (χ1v) is 4.89. The van der Waals surface area contributed by atoms with Crippen molar-refractivity contribution in [2.24, 2.45) is 0 Å². The number of hydrogen-bond acceptors (Lipinski definition) is 2. The summed E-state index contributed by atoms with van der Waals surface area (Å²) in [5.41, 5.74) is 0.0456. The Balaban J connectivity index is 2.78. The number of nitrogens with one attached hydrogen (secondary N) is 1. The van der Waals surface area contributed by atoms with Crippen molar-refractivity contribution in [3.05, 3.63) is 27.9 Å². The maximum Gasteiger partial charge on any atom is 0.427 e. The minimum Gasteiger partial charge on any atom is -0.379 e. The molecule has 1 aromatic heterocycles. The fourth-order valence-corrected chi connectivity index (χ4v) is 1.67. The molecule has 0 aliphatic rings. The molecule has 0 aliphatic carbocycles. The van der Waals surface area contributed by atoms with E-state index >= 15 is 0 Å². The van der Waals surface area contributed by atoms with Gasteiger partial charge in [0.2, 0.25) is 0 Å². The van der Waals surface area contributed by atoms with Gasteiger partial charge in [0.25, 0.3) is 0 Å². The average molecular weight is 242 g/mol. The summed E-state index contributed by atoms with van der Waals surface area (Å²) >= 11 is 6.07. The molecular formula is C8H7ClF3NS. The van der Waals surface area contributed by atoms with Gasteiger partial charge >= 0.3 is 6.18 Å².